The van der Waals surface area contributed by atoms with E-state index in [-0.39, 0.29) is 0 Å². The van der Waals surface area contributed by atoms with E-state index in [9.17, 15) is 0 Å². The van der Waals surface area contributed by atoms with E-state index in [0.717, 1.165) is 11.4 Å². The first-order valence-electron chi connectivity index (χ1n) is 5.13. The zero-order chi connectivity index (χ0) is 11.5. The van der Waals surface area contributed by atoms with Gasteiger partial charge in [0.2, 0.25) is 5.95 Å². The lowest BCUT2D eigenvalue weighted by Gasteiger charge is -2.16. The van der Waals surface area contributed by atoms with Crippen molar-refractivity contribution in [1.82, 2.24) is 19.5 Å². The fraction of sp³-hybridized carbons (Fsp3) is 0.364. The molecule has 5 heteroatoms. The van der Waals surface area contributed by atoms with E-state index in [0.29, 0.717) is 12.5 Å². The van der Waals surface area contributed by atoms with Crippen molar-refractivity contribution in [2.24, 2.45) is 7.05 Å². The summed E-state index contributed by atoms with van der Waals surface area (Å²) in [4.78, 5) is 14.8. The SMILES string of the molecule is Cc1cnc(N(C)Cc2nccn2C)nc1. The van der Waals surface area contributed by atoms with Crippen LogP contribution in [-0.2, 0) is 13.6 Å². The maximum atomic E-state index is 4.27. The minimum absolute atomic E-state index is 0.701. The van der Waals surface area contributed by atoms with Crippen molar-refractivity contribution < 1.29 is 0 Å². The summed E-state index contributed by atoms with van der Waals surface area (Å²) in [5, 5.41) is 0. The molecule has 0 atom stereocenters. The van der Waals surface area contributed by atoms with Crippen LogP contribution in [0, 0.1) is 6.92 Å². The van der Waals surface area contributed by atoms with Gasteiger partial charge in [0.15, 0.2) is 0 Å². The standard InChI is InChI=1S/C11H15N5/c1-9-6-13-11(14-7-9)16(3)8-10-12-4-5-15(10)2/h4-7H,8H2,1-3H3. The number of anilines is 1. The summed E-state index contributed by atoms with van der Waals surface area (Å²) in [6.07, 6.45) is 7.35. The first kappa shape index (κ1) is 10.6. The number of aryl methyl sites for hydroxylation is 2. The third-order valence-electron chi connectivity index (χ3n) is 2.41. The fourth-order valence-electron chi connectivity index (χ4n) is 1.41. The van der Waals surface area contributed by atoms with E-state index >= 15 is 0 Å². The molecule has 0 aliphatic rings. The summed E-state index contributed by atoms with van der Waals surface area (Å²) < 4.78 is 1.99. The highest BCUT2D eigenvalue weighted by atomic mass is 15.2. The molecule has 0 aromatic carbocycles. The van der Waals surface area contributed by atoms with Crippen LogP contribution in [0.5, 0.6) is 0 Å². The van der Waals surface area contributed by atoms with E-state index < -0.39 is 0 Å². The van der Waals surface area contributed by atoms with Crippen LogP contribution in [0.1, 0.15) is 11.4 Å². The minimum Gasteiger partial charge on any atom is -0.337 e. The largest absolute Gasteiger partial charge is 0.337 e. The molecule has 16 heavy (non-hydrogen) atoms. The Kier molecular flexibility index (Phi) is 2.85. The van der Waals surface area contributed by atoms with Gasteiger partial charge in [-0.1, -0.05) is 0 Å². The van der Waals surface area contributed by atoms with Gasteiger partial charge in [-0.15, -0.1) is 0 Å². The third kappa shape index (κ3) is 2.18. The molecule has 0 amide bonds. The molecule has 2 aromatic heterocycles. The third-order valence-corrected chi connectivity index (χ3v) is 2.41. The number of nitrogens with zero attached hydrogens (tertiary/aromatic N) is 5. The molecule has 0 aliphatic heterocycles. The average Bonchev–Trinajstić information content (AvgIpc) is 2.65. The molecule has 0 fully saturated rings. The van der Waals surface area contributed by atoms with Crippen LogP contribution in [0.25, 0.3) is 0 Å². The molecule has 0 radical (unpaired) electrons. The minimum atomic E-state index is 0.701. The first-order chi connectivity index (χ1) is 7.66. The van der Waals surface area contributed by atoms with Gasteiger partial charge in [0.05, 0.1) is 6.54 Å². The second-order valence-electron chi connectivity index (χ2n) is 3.87. The molecule has 2 rings (SSSR count). The predicted molar refractivity (Wildman–Crippen MR) is 62.1 cm³/mol. The highest BCUT2D eigenvalue weighted by Gasteiger charge is 2.07. The Bertz CT molecular complexity index is 459. The maximum absolute atomic E-state index is 4.27. The van der Waals surface area contributed by atoms with Crippen LogP contribution in [0.15, 0.2) is 24.8 Å². The molecule has 5 nitrogen and oxygen atoms in total. The van der Waals surface area contributed by atoms with Gasteiger partial charge in [-0.25, -0.2) is 15.0 Å². The van der Waals surface area contributed by atoms with Crippen molar-refractivity contribution in [1.29, 1.82) is 0 Å². The molecule has 2 heterocycles. The van der Waals surface area contributed by atoms with Gasteiger partial charge >= 0.3 is 0 Å². The van der Waals surface area contributed by atoms with Crippen LogP contribution < -0.4 is 4.90 Å². The Balaban J connectivity index is 2.11. The first-order valence-corrected chi connectivity index (χ1v) is 5.13. The van der Waals surface area contributed by atoms with E-state index in [1.54, 1.807) is 6.20 Å². The van der Waals surface area contributed by atoms with E-state index in [1.807, 2.05) is 49.1 Å². The smallest absolute Gasteiger partial charge is 0.225 e. The van der Waals surface area contributed by atoms with Gasteiger partial charge < -0.3 is 9.47 Å². The van der Waals surface area contributed by atoms with Crippen molar-refractivity contribution in [3.8, 4) is 0 Å². The molecular weight excluding hydrogens is 202 g/mol. The van der Waals surface area contributed by atoms with Crippen molar-refractivity contribution in [3.63, 3.8) is 0 Å². The predicted octanol–water partition coefficient (Wildman–Crippen LogP) is 1.15. The molecule has 0 spiro atoms. The van der Waals surface area contributed by atoms with Gasteiger partial charge in [-0.05, 0) is 12.5 Å². The molecule has 0 saturated carbocycles. The van der Waals surface area contributed by atoms with Crippen LogP contribution in [-0.4, -0.2) is 26.6 Å². The normalized spacial score (nSPS) is 10.4. The van der Waals surface area contributed by atoms with Gasteiger partial charge in [0, 0.05) is 38.9 Å². The highest BCUT2D eigenvalue weighted by Crippen LogP contribution is 2.08. The molecule has 0 bridgehead atoms. The van der Waals surface area contributed by atoms with Gasteiger partial charge in [-0.3, -0.25) is 0 Å². The lowest BCUT2D eigenvalue weighted by molar-refractivity contribution is 0.746. The number of imidazole rings is 1. The lowest BCUT2D eigenvalue weighted by Crippen LogP contribution is -2.21. The number of rotatable bonds is 3. The number of aromatic nitrogens is 4. The van der Waals surface area contributed by atoms with Gasteiger partial charge in [0.25, 0.3) is 0 Å². The molecule has 0 aliphatic carbocycles. The zero-order valence-electron chi connectivity index (χ0n) is 9.75. The topological polar surface area (TPSA) is 46.8 Å². The van der Waals surface area contributed by atoms with E-state index in [4.69, 9.17) is 0 Å². The average molecular weight is 217 g/mol. The Morgan fingerprint density at radius 2 is 1.94 bits per heavy atom. The Morgan fingerprint density at radius 1 is 1.25 bits per heavy atom. The summed E-state index contributed by atoms with van der Waals surface area (Å²) in [5.41, 5.74) is 1.06. The maximum Gasteiger partial charge on any atom is 0.225 e. The molecule has 0 saturated heterocycles. The Hall–Kier alpha value is -1.91. The second-order valence-corrected chi connectivity index (χ2v) is 3.87. The summed E-state index contributed by atoms with van der Waals surface area (Å²) in [6.45, 7) is 2.68. The number of hydrogen-bond donors (Lipinski definition) is 0. The monoisotopic (exact) mass is 217 g/mol. The lowest BCUT2D eigenvalue weighted by atomic mass is 10.4. The van der Waals surface area contributed by atoms with Gasteiger partial charge in [0.1, 0.15) is 5.82 Å². The quantitative estimate of drug-likeness (QED) is 0.774. The van der Waals surface area contributed by atoms with Crippen LogP contribution in [0.3, 0.4) is 0 Å². The van der Waals surface area contributed by atoms with Crippen molar-refractivity contribution in [2.75, 3.05) is 11.9 Å². The van der Waals surface area contributed by atoms with Crippen LogP contribution >= 0.6 is 0 Å². The second kappa shape index (κ2) is 4.30. The van der Waals surface area contributed by atoms with Crippen molar-refractivity contribution in [3.05, 3.63) is 36.2 Å². The molecule has 0 N–H and O–H groups in total. The summed E-state index contributed by atoms with van der Waals surface area (Å²) in [6, 6.07) is 0. The fourth-order valence-corrected chi connectivity index (χ4v) is 1.41. The molecule has 84 valence electrons. The summed E-state index contributed by atoms with van der Waals surface area (Å²) in [5.74, 6) is 1.71. The summed E-state index contributed by atoms with van der Waals surface area (Å²) >= 11 is 0. The summed E-state index contributed by atoms with van der Waals surface area (Å²) in [7, 11) is 3.94. The molecule has 2 aromatic rings. The molecule has 0 unspecified atom stereocenters. The van der Waals surface area contributed by atoms with Crippen molar-refractivity contribution >= 4 is 5.95 Å². The van der Waals surface area contributed by atoms with E-state index in [1.165, 1.54) is 0 Å². The van der Waals surface area contributed by atoms with Gasteiger partial charge in [-0.2, -0.15) is 0 Å². The Morgan fingerprint density at radius 3 is 2.50 bits per heavy atom. The van der Waals surface area contributed by atoms with Crippen LogP contribution in [0.4, 0.5) is 5.95 Å². The van der Waals surface area contributed by atoms with E-state index in [2.05, 4.69) is 15.0 Å². The highest BCUT2D eigenvalue weighted by molar-refractivity contribution is 5.28. The zero-order valence-corrected chi connectivity index (χ0v) is 9.75. The van der Waals surface area contributed by atoms with Crippen LogP contribution in [0.2, 0.25) is 0 Å². The van der Waals surface area contributed by atoms with Crippen molar-refractivity contribution in [2.45, 2.75) is 13.5 Å². The molecular formula is C11H15N5. The Labute approximate surface area is 94.8 Å². The number of hydrogen-bond acceptors (Lipinski definition) is 4.